The molecule has 4 rings (SSSR count). The van der Waals surface area contributed by atoms with E-state index in [1.807, 2.05) is 18.2 Å². The Balaban J connectivity index is 1.82. The highest BCUT2D eigenvalue weighted by Gasteiger charge is 2.39. The first kappa shape index (κ1) is 17.0. The maximum Gasteiger partial charge on any atom is 0.165 e. The predicted molar refractivity (Wildman–Crippen MR) is 99.5 cm³/mol. The lowest BCUT2D eigenvalue weighted by Crippen LogP contribution is -2.41. The second-order valence-corrected chi connectivity index (χ2v) is 7.05. The summed E-state index contributed by atoms with van der Waals surface area (Å²) in [4.78, 5) is 2.48. The summed E-state index contributed by atoms with van der Waals surface area (Å²) in [7, 11) is 4.97. The molecule has 2 aliphatic rings. The van der Waals surface area contributed by atoms with Crippen LogP contribution in [0.3, 0.4) is 0 Å². The Kier molecular flexibility index (Phi) is 4.19. The van der Waals surface area contributed by atoms with Gasteiger partial charge in [-0.15, -0.1) is 0 Å². The SMILES string of the molecule is COc1cc2c(cc1O)[C@H]1[C@@H](C)c3ccc(OC)c(OC)c3CN1CC2. The van der Waals surface area contributed by atoms with Crippen molar-refractivity contribution in [2.75, 3.05) is 27.9 Å². The van der Waals surface area contributed by atoms with Crippen LogP contribution in [0.4, 0.5) is 0 Å². The average molecular weight is 355 g/mol. The van der Waals surface area contributed by atoms with Gasteiger partial charge in [0.2, 0.25) is 0 Å². The van der Waals surface area contributed by atoms with Gasteiger partial charge in [-0.25, -0.2) is 0 Å². The second-order valence-electron chi connectivity index (χ2n) is 7.05. The molecule has 2 aromatic rings. The summed E-state index contributed by atoms with van der Waals surface area (Å²) in [6.07, 6.45) is 0.941. The van der Waals surface area contributed by atoms with E-state index in [0.717, 1.165) is 31.0 Å². The third-order valence-electron chi connectivity index (χ3n) is 5.83. The van der Waals surface area contributed by atoms with Crippen LogP contribution in [0.2, 0.25) is 0 Å². The zero-order chi connectivity index (χ0) is 18.4. The van der Waals surface area contributed by atoms with Crippen LogP contribution in [-0.2, 0) is 13.0 Å². The standard InChI is InChI=1S/C21H25NO4/c1-12-14-5-6-18(24-2)21(26-4)16(14)11-22-8-7-13-9-19(25-3)17(23)10-15(13)20(12)22/h5-6,9-10,12,20,23H,7-8,11H2,1-4H3/t12-,20+/m0/s1. The minimum atomic E-state index is 0.207. The van der Waals surface area contributed by atoms with E-state index in [0.29, 0.717) is 5.75 Å². The van der Waals surface area contributed by atoms with Gasteiger partial charge in [0.15, 0.2) is 23.0 Å². The Morgan fingerprint density at radius 1 is 1.00 bits per heavy atom. The highest BCUT2D eigenvalue weighted by molar-refractivity contribution is 5.55. The number of methoxy groups -OCH3 is 3. The summed E-state index contributed by atoms with van der Waals surface area (Å²) in [5.41, 5.74) is 4.95. The fourth-order valence-corrected chi connectivity index (χ4v) is 4.61. The Morgan fingerprint density at radius 3 is 2.46 bits per heavy atom. The number of aromatic hydroxyl groups is 1. The molecule has 0 amide bonds. The molecule has 2 aliphatic heterocycles. The monoisotopic (exact) mass is 355 g/mol. The summed E-state index contributed by atoms with van der Waals surface area (Å²) in [5, 5.41) is 10.3. The molecule has 0 aliphatic carbocycles. The molecule has 0 spiro atoms. The van der Waals surface area contributed by atoms with Crippen molar-refractivity contribution in [2.24, 2.45) is 0 Å². The van der Waals surface area contributed by atoms with Gasteiger partial charge in [0.1, 0.15) is 0 Å². The Bertz CT molecular complexity index is 848. The first-order chi connectivity index (χ1) is 12.6. The van der Waals surface area contributed by atoms with E-state index in [2.05, 4.69) is 17.9 Å². The smallest absolute Gasteiger partial charge is 0.165 e. The fraction of sp³-hybridized carbons (Fsp3) is 0.429. The van der Waals surface area contributed by atoms with Crippen molar-refractivity contribution in [3.63, 3.8) is 0 Å². The zero-order valence-corrected chi connectivity index (χ0v) is 15.7. The molecule has 2 heterocycles. The second kappa shape index (κ2) is 6.40. The van der Waals surface area contributed by atoms with E-state index in [1.165, 1.54) is 22.3 Å². The Labute approximate surface area is 154 Å². The molecule has 5 nitrogen and oxygen atoms in total. The molecule has 0 aromatic heterocycles. The maximum atomic E-state index is 10.3. The van der Waals surface area contributed by atoms with Crippen molar-refractivity contribution < 1.29 is 19.3 Å². The van der Waals surface area contributed by atoms with E-state index < -0.39 is 0 Å². The highest BCUT2D eigenvalue weighted by Crippen LogP contribution is 2.50. The van der Waals surface area contributed by atoms with Gasteiger partial charge in [-0.1, -0.05) is 13.0 Å². The van der Waals surface area contributed by atoms with Gasteiger partial charge < -0.3 is 19.3 Å². The number of phenols is 1. The largest absolute Gasteiger partial charge is 0.504 e. The van der Waals surface area contributed by atoms with E-state index >= 15 is 0 Å². The zero-order valence-electron chi connectivity index (χ0n) is 15.7. The van der Waals surface area contributed by atoms with Crippen molar-refractivity contribution in [2.45, 2.75) is 31.8 Å². The van der Waals surface area contributed by atoms with Crippen LogP contribution in [0.25, 0.3) is 0 Å². The Hall–Kier alpha value is -2.40. The maximum absolute atomic E-state index is 10.3. The molecule has 138 valence electrons. The molecule has 0 saturated carbocycles. The topological polar surface area (TPSA) is 51.2 Å². The summed E-state index contributed by atoms with van der Waals surface area (Å²) in [6, 6.07) is 8.24. The number of nitrogens with zero attached hydrogens (tertiary/aromatic N) is 1. The molecule has 0 saturated heterocycles. The quantitative estimate of drug-likeness (QED) is 0.911. The van der Waals surface area contributed by atoms with Gasteiger partial charge in [0.25, 0.3) is 0 Å². The highest BCUT2D eigenvalue weighted by atomic mass is 16.5. The average Bonchev–Trinajstić information content (AvgIpc) is 2.66. The van der Waals surface area contributed by atoms with Gasteiger partial charge in [-0.2, -0.15) is 0 Å². The molecule has 0 unspecified atom stereocenters. The normalized spacial score (nSPS) is 21.4. The number of hydrogen-bond acceptors (Lipinski definition) is 5. The van der Waals surface area contributed by atoms with Gasteiger partial charge >= 0.3 is 0 Å². The molecule has 0 bridgehead atoms. The van der Waals surface area contributed by atoms with E-state index in [1.54, 1.807) is 21.3 Å². The van der Waals surface area contributed by atoms with Gasteiger partial charge in [0.05, 0.1) is 21.3 Å². The lowest BCUT2D eigenvalue weighted by molar-refractivity contribution is 0.136. The summed E-state index contributed by atoms with van der Waals surface area (Å²) < 4.78 is 16.4. The number of phenolic OH excluding ortho intramolecular Hbond substituents is 1. The summed E-state index contributed by atoms with van der Waals surface area (Å²) >= 11 is 0. The number of rotatable bonds is 3. The van der Waals surface area contributed by atoms with Crippen LogP contribution >= 0.6 is 0 Å². The van der Waals surface area contributed by atoms with Crippen LogP contribution in [-0.4, -0.2) is 37.9 Å². The number of hydrogen-bond donors (Lipinski definition) is 1. The number of ether oxygens (including phenoxy) is 3. The van der Waals surface area contributed by atoms with Crippen molar-refractivity contribution in [1.82, 2.24) is 4.90 Å². The summed E-state index contributed by atoms with van der Waals surface area (Å²) in [5.74, 6) is 2.65. The van der Waals surface area contributed by atoms with Crippen LogP contribution in [0.1, 0.15) is 41.1 Å². The van der Waals surface area contributed by atoms with Crippen molar-refractivity contribution >= 4 is 0 Å². The van der Waals surface area contributed by atoms with Crippen molar-refractivity contribution in [3.8, 4) is 23.0 Å². The molecule has 26 heavy (non-hydrogen) atoms. The van der Waals surface area contributed by atoms with E-state index in [-0.39, 0.29) is 17.7 Å². The molecular weight excluding hydrogens is 330 g/mol. The molecular formula is C21H25NO4. The number of fused-ring (bicyclic) bond motifs is 4. The lowest BCUT2D eigenvalue weighted by Gasteiger charge is -2.45. The van der Waals surface area contributed by atoms with Crippen molar-refractivity contribution in [3.05, 3.63) is 46.5 Å². The first-order valence-corrected chi connectivity index (χ1v) is 8.96. The number of benzene rings is 2. The molecule has 2 aromatic carbocycles. The molecule has 1 N–H and O–H groups in total. The molecule has 2 atom stereocenters. The van der Waals surface area contributed by atoms with Gasteiger partial charge in [0, 0.05) is 30.6 Å². The molecule has 0 fully saturated rings. The van der Waals surface area contributed by atoms with Gasteiger partial charge in [-0.3, -0.25) is 4.90 Å². The third-order valence-corrected chi connectivity index (χ3v) is 5.83. The van der Waals surface area contributed by atoms with Crippen LogP contribution in [0.15, 0.2) is 24.3 Å². The minimum Gasteiger partial charge on any atom is -0.504 e. The van der Waals surface area contributed by atoms with Gasteiger partial charge in [-0.05, 0) is 41.3 Å². The van der Waals surface area contributed by atoms with E-state index in [9.17, 15) is 5.11 Å². The molecule has 0 radical (unpaired) electrons. The lowest BCUT2D eigenvalue weighted by atomic mass is 9.77. The van der Waals surface area contributed by atoms with E-state index in [4.69, 9.17) is 14.2 Å². The fourth-order valence-electron chi connectivity index (χ4n) is 4.61. The molecule has 5 heteroatoms. The van der Waals surface area contributed by atoms with Crippen LogP contribution in [0, 0.1) is 0 Å². The predicted octanol–water partition coefficient (Wildman–Crippen LogP) is 3.63. The van der Waals surface area contributed by atoms with Crippen LogP contribution < -0.4 is 14.2 Å². The Morgan fingerprint density at radius 2 is 1.77 bits per heavy atom. The third kappa shape index (κ3) is 2.42. The van der Waals surface area contributed by atoms with Crippen LogP contribution in [0.5, 0.6) is 23.0 Å². The first-order valence-electron chi connectivity index (χ1n) is 8.96. The summed E-state index contributed by atoms with van der Waals surface area (Å²) in [6.45, 7) is 4.03. The van der Waals surface area contributed by atoms with Crippen molar-refractivity contribution in [1.29, 1.82) is 0 Å². The minimum absolute atomic E-state index is 0.207.